The minimum atomic E-state index is -0.0759. The Bertz CT molecular complexity index is 1240. The maximum absolute atomic E-state index is 13.1. The molecule has 0 aliphatic carbocycles. The highest BCUT2D eigenvalue weighted by Gasteiger charge is 2.40. The fraction of sp³-hybridized carbons (Fsp3) is 0.333. The van der Waals surface area contributed by atoms with E-state index in [1.165, 1.54) is 6.33 Å². The summed E-state index contributed by atoms with van der Waals surface area (Å²) in [6.45, 7) is 2.67. The van der Waals surface area contributed by atoms with Crippen molar-refractivity contribution in [1.29, 1.82) is 0 Å². The van der Waals surface area contributed by atoms with E-state index in [-0.39, 0.29) is 11.8 Å². The number of benzene rings is 1. The van der Waals surface area contributed by atoms with Crippen molar-refractivity contribution in [2.45, 2.75) is 6.54 Å². The molecule has 5 heterocycles. The maximum Gasteiger partial charge on any atom is 0.236 e. The molecular weight excluding hydrogens is 358 g/mol. The Morgan fingerprint density at radius 2 is 2.00 bits per heavy atom. The molecule has 1 aromatic carbocycles. The van der Waals surface area contributed by atoms with Crippen molar-refractivity contribution in [1.82, 2.24) is 34.5 Å². The highest BCUT2D eigenvalue weighted by molar-refractivity contribution is 5.98. The second-order valence-electron chi connectivity index (χ2n) is 7.23. The number of aromatic nitrogens is 7. The first-order valence-corrected chi connectivity index (χ1v) is 9.22. The molecule has 28 heavy (non-hydrogen) atoms. The molecular formula is C18H17N9O. The van der Waals surface area contributed by atoms with Crippen LogP contribution in [0.15, 0.2) is 30.6 Å². The zero-order chi connectivity index (χ0) is 18.8. The van der Waals surface area contributed by atoms with Gasteiger partial charge in [0.1, 0.15) is 6.33 Å². The van der Waals surface area contributed by atoms with E-state index in [1.807, 2.05) is 29.2 Å². The normalized spacial score (nSPS) is 16.8. The average Bonchev–Trinajstić information content (AvgIpc) is 3.34. The number of nitrogens with zero attached hydrogens (tertiary/aromatic N) is 9. The summed E-state index contributed by atoms with van der Waals surface area (Å²) in [7, 11) is 1.80. The number of anilines is 2. The van der Waals surface area contributed by atoms with Crippen LogP contribution in [0.4, 0.5) is 11.8 Å². The molecule has 140 valence electrons. The van der Waals surface area contributed by atoms with Crippen LogP contribution in [0.3, 0.4) is 0 Å². The summed E-state index contributed by atoms with van der Waals surface area (Å²) >= 11 is 0. The molecule has 1 fully saturated rings. The zero-order valence-corrected chi connectivity index (χ0v) is 15.2. The molecule has 0 spiro atoms. The number of carbonyl (C=O) groups is 1. The molecule has 0 N–H and O–H groups in total. The molecule has 6 rings (SSSR count). The van der Waals surface area contributed by atoms with Gasteiger partial charge in [-0.3, -0.25) is 9.69 Å². The van der Waals surface area contributed by atoms with E-state index in [1.54, 1.807) is 11.7 Å². The highest BCUT2D eigenvalue weighted by Crippen LogP contribution is 2.32. The van der Waals surface area contributed by atoms with E-state index in [4.69, 9.17) is 0 Å². The number of aryl methyl sites for hydroxylation is 1. The largest absolute Gasteiger partial charge is 0.353 e. The van der Waals surface area contributed by atoms with Crippen molar-refractivity contribution in [3.8, 4) is 0 Å². The molecule has 0 atom stereocenters. The van der Waals surface area contributed by atoms with Gasteiger partial charge in [-0.05, 0) is 12.1 Å². The van der Waals surface area contributed by atoms with E-state index in [2.05, 4.69) is 34.7 Å². The van der Waals surface area contributed by atoms with Crippen molar-refractivity contribution in [3.05, 3.63) is 30.6 Å². The van der Waals surface area contributed by atoms with E-state index in [9.17, 15) is 4.79 Å². The third-order valence-electron chi connectivity index (χ3n) is 5.59. The van der Waals surface area contributed by atoms with Gasteiger partial charge in [0.05, 0.1) is 17.0 Å². The lowest BCUT2D eigenvalue weighted by molar-refractivity contribution is -0.123. The topological polar surface area (TPSA) is 97.9 Å². The average molecular weight is 375 g/mol. The zero-order valence-electron chi connectivity index (χ0n) is 15.2. The van der Waals surface area contributed by atoms with Crippen LogP contribution in [0.1, 0.15) is 0 Å². The molecule has 0 saturated carbocycles. The first kappa shape index (κ1) is 15.5. The van der Waals surface area contributed by atoms with Crippen LogP contribution < -0.4 is 9.80 Å². The summed E-state index contributed by atoms with van der Waals surface area (Å²) in [6.07, 6.45) is 1.51. The molecule has 3 aromatic heterocycles. The Morgan fingerprint density at radius 3 is 2.89 bits per heavy atom. The minimum Gasteiger partial charge on any atom is -0.353 e. The van der Waals surface area contributed by atoms with Crippen molar-refractivity contribution in [2.24, 2.45) is 13.0 Å². The molecule has 2 aliphatic rings. The molecule has 1 amide bonds. The fourth-order valence-corrected chi connectivity index (χ4v) is 4.10. The Kier molecular flexibility index (Phi) is 3.03. The van der Waals surface area contributed by atoms with Crippen LogP contribution in [0.5, 0.6) is 0 Å². The number of hydrogen-bond acceptors (Lipinski definition) is 7. The number of carbonyl (C=O) groups excluding carboxylic acids is 1. The molecule has 0 radical (unpaired) electrons. The molecule has 2 aliphatic heterocycles. The van der Waals surface area contributed by atoms with Gasteiger partial charge in [0, 0.05) is 33.2 Å². The first-order chi connectivity index (χ1) is 13.7. The highest BCUT2D eigenvalue weighted by atomic mass is 16.2. The molecule has 1 saturated heterocycles. The lowest BCUT2D eigenvalue weighted by Crippen LogP contribution is -2.55. The van der Waals surface area contributed by atoms with E-state index in [0.717, 1.165) is 29.3 Å². The van der Waals surface area contributed by atoms with Gasteiger partial charge < -0.3 is 9.47 Å². The van der Waals surface area contributed by atoms with E-state index < -0.39 is 0 Å². The summed E-state index contributed by atoms with van der Waals surface area (Å²) in [5.41, 5.74) is 3.36. The minimum absolute atomic E-state index is 0.0759. The smallest absolute Gasteiger partial charge is 0.236 e. The summed E-state index contributed by atoms with van der Waals surface area (Å²) in [4.78, 5) is 30.2. The molecule has 4 aromatic rings. The third kappa shape index (κ3) is 2.02. The lowest BCUT2D eigenvalue weighted by atomic mass is 9.98. The van der Waals surface area contributed by atoms with Crippen LogP contribution >= 0.6 is 0 Å². The standard InChI is InChI=1S/C18H17N9O/c1-24-15-14(22-23-24)16(20-10-19-15)25-8-11(9-25)17(28)27-7-6-26-13-5-3-2-4-12(13)21-18(26)27/h2-5,10-11H,6-9H2,1H3. The number of hydrogen-bond donors (Lipinski definition) is 0. The second kappa shape index (κ2) is 5.47. The Labute approximate surface area is 159 Å². The molecule has 0 bridgehead atoms. The van der Waals surface area contributed by atoms with Gasteiger partial charge in [0.2, 0.25) is 11.9 Å². The first-order valence-electron chi connectivity index (χ1n) is 9.22. The van der Waals surface area contributed by atoms with Gasteiger partial charge in [0.25, 0.3) is 0 Å². The second-order valence-corrected chi connectivity index (χ2v) is 7.23. The lowest BCUT2D eigenvalue weighted by Gasteiger charge is -2.40. The van der Waals surface area contributed by atoms with Crippen molar-refractivity contribution in [3.63, 3.8) is 0 Å². The Morgan fingerprint density at radius 1 is 1.14 bits per heavy atom. The van der Waals surface area contributed by atoms with Crippen LogP contribution in [-0.4, -0.2) is 60.1 Å². The van der Waals surface area contributed by atoms with Crippen LogP contribution in [0, 0.1) is 5.92 Å². The van der Waals surface area contributed by atoms with Crippen LogP contribution in [-0.2, 0) is 18.4 Å². The number of amides is 1. The molecule has 10 heteroatoms. The van der Waals surface area contributed by atoms with Gasteiger partial charge >= 0.3 is 0 Å². The van der Waals surface area contributed by atoms with Crippen molar-refractivity contribution < 1.29 is 4.79 Å². The predicted octanol–water partition coefficient (Wildman–Crippen LogP) is 0.591. The van der Waals surface area contributed by atoms with E-state index >= 15 is 0 Å². The van der Waals surface area contributed by atoms with Crippen molar-refractivity contribution in [2.75, 3.05) is 29.4 Å². The predicted molar refractivity (Wildman–Crippen MR) is 102 cm³/mol. The van der Waals surface area contributed by atoms with Gasteiger partial charge in [-0.1, -0.05) is 17.3 Å². The van der Waals surface area contributed by atoms with Gasteiger partial charge in [0.15, 0.2) is 17.0 Å². The number of fused-ring (bicyclic) bond motifs is 4. The van der Waals surface area contributed by atoms with E-state index in [0.29, 0.717) is 30.8 Å². The monoisotopic (exact) mass is 375 g/mol. The summed E-state index contributed by atoms with van der Waals surface area (Å²) in [5, 5.41) is 8.17. The number of imidazole rings is 1. The Hall–Kier alpha value is -3.56. The van der Waals surface area contributed by atoms with Gasteiger partial charge in [-0.2, -0.15) is 0 Å². The summed E-state index contributed by atoms with van der Waals surface area (Å²) < 4.78 is 3.74. The maximum atomic E-state index is 13.1. The summed E-state index contributed by atoms with van der Waals surface area (Å²) in [6, 6.07) is 8.00. The fourth-order valence-electron chi connectivity index (χ4n) is 4.10. The number of rotatable bonds is 2. The van der Waals surface area contributed by atoms with Gasteiger partial charge in [-0.25, -0.2) is 19.6 Å². The van der Waals surface area contributed by atoms with Crippen LogP contribution in [0.2, 0.25) is 0 Å². The SMILES string of the molecule is Cn1nnc2c(N3CC(C(=O)N4CCn5c4nc4ccccc45)C3)ncnc21. The summed E-state index contributed by atoms with van der Waals surface area (Å²) in [5.74, 6) is 1.53. The number of para-hydroxylation sites is 2. The quantitative estimate of drug-likeness (QED) is 0.506. The van der Waals surface area contributed by atoms with Gasteiger partial charge in [-0.15, -0.1) is 5.10 Å². The third-order valence-corrected chi connectivity index (χ3v) is 5.59. The van der Waals surface area contributed by atoms with Crippen LogP contribution in [0.25, 0.3) is 22.2 Å². The molecule has 10 nitrogen and oxygen atoms in total. The molecule has 0 unspecified atom stereocenters. The Balaban J connectivity index is 1.24. The van der Waals surface area contributed by atoms with Crippen molar-refractivity contribution >= 4 is 39.9 Å².